The van der Waals surface area contributed by atoms with E-state index in [4.69, 9.17) is 4.74 Å². The predicted octanol–water partition coefficient (Wildman–Crippen LogP) is 3.66. The van der Waals surface area contributed by atoms with Crippen LogP contribution in [0.5, 0.6) is 5.75 Å². The Bertz CT molecular complexity index is 464. The van der Waals surface area contributed by atoms with Gasteiger partial charge >= 0.3 is 0 Å². The third-order valence-electron chi connectivity index (χ3n) is 2.97. The quantitative estimate of drug-likeness (QED) is 0.832. The molecule has 0 aliphatic carbocycles. The molecule has 2 aromatic rings. The van der Waals surface area contributed by atoms with Crippen molar-refractivity contribution in [2.24, 2.45) is 0 Å². The lowest BCUT2D eigenvalue weighted by Gasteiger charge is -2.14. The lowest BCUT2D eigenvalue weighted by atomic mass is 10.2. The predicted molar refractivity (Wildman–Crippen MR) is 82.2 cm³/mol. The molecule has 0 saturated heterocycles. The first-order valence-electron chi connectivity index (χ1n) is 6.69. The fourth-order valence-corrected chi connectivity index (χ4v) is 2.52. The monoisotopic (exact) mass is 275 g/mol. The highest BCUT2D eigenvalue weighted by Gasteiger charge is 2.02. The summed E-state index contributed by atoms with van der Waals surface area (Å²) in [6, 6.07) is 12.8. The molecular formula is C16H21NOS. The molecule has 0 radical (unpaired) electrons. The van der Waals surface area contributed by atoms with Crippen molar-refractivity contribution in [1.29, 1.82) is 0 Å². The molecule has 1 aromatic carbocycles. The van der Waals surface area contributed by atoms with Gasteiger partial charge in [-0.2, -0.15) is 0 Å². The summed E-state index contributed by atoms with van der Waals surface area (Å²) in [5, 5.41) is 5.61. The molecule has 0 saturated carbocycles. The minimum atomic E-state index is 0.362. The Morgan fingerprint density at radius 3 is 2.68 bits per heavy atom. The lowest BCUT2D eigenvalue weighted by molar-refractivity contribution is 0.274. The number of thiophene rings is 1. The zero-order valence-corrected chi connectivity index (χ0v) is 12.4. The van der Waals surface area contributed by atoms with Gasteiger partial charge in [0.05, 0.1) is 0 Å². The van der Waals surface area contributed by atoms with Crippen molar-refractivity contribution in [3.63, 3.8) is 0 Å². The molecule has 0 amide bonds. The largest absolute Gasteiger partial charge is 0.492 e. The summed E-state index contributed by atoms with van der Waals surface area (Å²) < 4.78 is 5.75. The molecule has 19 heavy (non-hydrogen) atoms. The van der Waals surface area contributed by atoms with Crippen molar-refractivity contribution in [3.8, 4) is 5.75 Å². The Labute approximate surface area is 119 Å². The molecule has 102 valence electrons. The van der Waals surface area contributed by atoms with E-state index < -0.39 is 0 Å². The number of ether oxygens (including phenoxy) is 1. The average molecular weight is 275 g/mol. The second-order valence-corrected chi connectivity index (χ2v) is 5.84. The Morgan fingerprint density at radius 2 is 2.00 bits per heavy atom. The highest BCUT2D eigenvalue weighted by Crippen LogP contribution is 2.11. The van der Waals surface area contributed by atoms with Gasteiger partial charge < -0.3 is 10.1 Å². The van der Waals surface area contributed by atoms with Crippen LogP contribution in [0.3, 0.4) is 0 Å². The van der Waals surface area contributed by atoms with Gasteiger partial charge in [-0.15, -0.1) is 11.3 Å². The van der Waals surface area contributed by atoms with Crippen LogP contribution in [-0.2, 0) is 6.42 Å². The number of benzene rings is 1. The van der Waals surface area contributed by atoms with E-state index in [9.17, 15) is 0 Å². The van der Waals surface area contributed by atoms with Gasteiger partial charge in [0.25, 0.3) is 0 Å². The number of hydrogen-bond donors (Lipinski definition) is 1. The summed E-state index contributed by atoms with van der Waals surface area (Å²) in [7, 11) is 0. The van der Waals surface area contributed by atoms with Crippen molar-refractivity contribution < 1.29 is 4.74 Å². The van der Waals surface area contributed by atoms with Gasteiger partial charge in [-0.3, -0.25) is 0 Å². The Morgan fingerprint density at radius 1 is 1.21 bits per heavy atom. The van der Waals surface area contributed by atoms with E-state index >= 15 is 0 Å². The molecule has 1 unspecified atom stereocenters. The molecule has 1 atom stereocenters. The Balaban J connectivity index is 1.64. The van der Waals surface area contributed by atoms with Gasteiger partial charge in [0.1, 0.15) is 12.4 Å². The van der Waals surface area contributed by atoms with Crippen LogP contribution in [0.25, 0.3) is 0 Å². The van der Waals surface area contributed by atoms with Crippen LogP contribution in [0.15, 0.2) is 41.8 Å². The van der Waals surface area contributed by atoms with Gasteiger partial charge in [-0.1, -0.05) is 23.8 Å². The minimum absolute atomic E-state index is 0.362. The summed E-state index contributed by atoms with van der Waals surface area (Å²) >= 11 is 1.81. The smallest absolute Gasteiger partial charge is 0.119 e. The van der Waals surface area contributed by atoms with E-state index in [1.165, 1.54) is 10.4 Å². The third kappa shape index (κ3) is 5.05. The van der Waals surface area contributed by atoms with Gasteiger partial charge in [-0.05, 0) is 43.8 Å². The van der Waals surface area contributed by atoms with Crippen LogP contribution in [0.2, 0.25) is 0 Å². The third-order valence-corrected chi connectivity index (χ3v) is 3.90. The maximum absolute atomic E-state index is 5.75. The van der Waals surface area contributed by atoms with Gasteiger partial charge in [-0.25, -0.2) is 0 Å². The molecule has 1 N–H and O–H groups in total. The van der Waals surface area contributed by atoms with E-state index in [2.05, 4.69) is 48.8 Å². The summed E-state index contributed by atoms with van der Waals surface area (Å²) in [5.41, 5.74) is 1.26. The zero-order valence-electron chi connectivity index (χ0n) is 11.6. The van der Waals surface area contributed by atoms with Crippen LogP contribution >= 0.6 is 11.3 Å². The highest BCUT2D eigenvalue weighted by atomic mass is 32.1. The first kappa shape index (κ1) is 14.1. The Hall–Kier alpha value is -1.32. The molecule has 2 rings (SSSR count). The SMILES string of the molecule is Cc1ccc(OCC(C)NCCc2cccs2)cc1. The topological polar surface area (TPSA) is 21.3 Å². The molecule has 0 bridgehead atoms. The standard InChI is InChI=1S/C16H21NOS/c1-13-5-7-15(8-6-13)18-12-14(2)17-10-9-16-4-3-11-19-16/h3-8,11,14,17H,9-10,12H2,1-2H3. The van der Waals surface area contributed by atoms with Crippen molar-refractivity contribution in [3.05, 3.63) is 52.2 Å². The first-order valence-corrected chi connectivity index (χ1v) is 7.57. The maximum atomic E-state index is 5.75. The van der Waals surface area contributed by atoms with Gasteiger partial charge in [0.2, 0.25) is 0 Å². The fraction of sp³-hybridized carbons (Fsp3) is 0.375. The molecule has 1 heterocycles. The van der Waals surface area contributed by atoms with Crippen LogP contribution in [0.4, 0.5) is 0 Å². The van der Waals surface area contributed by atoms with E-state index in [0.29, 0.717) is 12.6 Å². The summed E-state index contributed by atoms with van der Waals surface area (Å²) in [6.07, 6.45) is 1.09. The second-order valence-electron chi connectivity index (χ2n) is 4.81. The van der Waals surface area contributed by atoms with Crippen LogP contribution in [-0.4, -0.2) is 19.2 Å². The molecule has 3 heteroatoms. The van der Waals surface area contributed by atoms with Crippen LogP contribution in [0.1, 0.15) is 17.4 Å². The molecule has 0 spiro atoms. The number of hydrogen-bond acceptors (Lipinski definition) is 3. The normalized spacial score (nSPS) is 12.3. The van der Waals surface area contributed by atoms with E-state index in [-0.39, 0.29) is 0 Å². The minimum Gasteiger partial charge on any atom is -0.492 e. The molecule has 1 aromatic heterocycles. The van der Waals surface area contributed by atoms with Crippen molar-refractivity contribution >= 4 is 11.3 Å². The number of nitrogens with one attached hydrogen (secondary N) is 1. The van der Waals surface area contributed by atoms with Gasteiger partial charge in [0.15, 0.2) is 0 Å². The lowest BCUT2D eigenvalue weighted by Crippen LogP contribution is -2.33. The molecular weight excluding hydrogens is 254 g/mol. The van der Waals surface area contributed by atoms with Crippen LogP contribution < -0.4 is 10.1 Å². The molecule has 0 aliphatic rings. The number of rotatable bonds is 7. The molecule has 0 aliphatic heterocycles. The zero-order chi connectivity index (χ0) is 13.5. The maximum Gasteiger partial charge on any atom is 0.119 e. The van der Waals surface area contributed by atoms with Gasteiger partial charge in [0, 0.05) is 17.5 Å². The second kappa shape index (κ2) is 7.31. The van der Waals surface area contributed by atoms with E-state index in [1.807, 2.05) is 23.5 Å². The van der Waals surface area contributed by atoms with Crippen molar-refractivity contribution in [2.45, 2.75) is 26.3 Å². The van der Waals surface area contributed by atoms with Crippen molar-refractivity contribution in [1.82, 2.24) is 5.32 Å². The highest BCUT2D eigenvalue weighted by molar-refractivity contribution is 7.09. The summed E-state index contributed by atoms with van der Waals surface area (Å²) in [6.45, 7) is 5.94. The fourth-order valence-electron chi connectivity index (χ4n) is 1.81. The average Bonchev–Trinajstić information content (AvgIpc) is 2.91. The molecule has 2 nitrogen and oxygen atoms in total. The summed E-state index contributed by atoms with van der Waals surface area (Å²) in [4.78, 5) is 1.43. The van der Waals surface area contributed by atoms with E-state index in [0.717, 1.165) is 18.7 Å². The summed E-state index contributed by atoms with van der Waals surface area (Å²) in [5.74, 6) is 0.942. The first-order chi connectivity index (χ1) is 9.24. The molecule has 0 fully saturated rings. The van der Waals surface area contributed by atoms with E-state index in [1.54, 1.807) is 0 Å². The van der Waals surface area contributed by atoms with Crippen molar-refractivity contribution in [2.75, 3.05) is 13.2 Å². The number of aryl methyl sites for hydroxylation is 1. The van der Waals surface area contributed by atoms with Crippen LogP contribution in [0, 0.1) is 6.92 Å². The Kier molecular flexibility index (Phi) is 5.43.